The molecule has 1 saturated heterocycles. The van der Waals surface area contributed by atoms with Gasteiger partial charge in [-0.3, -0.25) is 4.79 Å². The van der Waals surface area contributed by atoms with E-state index >= 15 is 0 Å². The van der Waals surface area contributed by atoms with Crippen LogP contribution in [0.1, 0.15) is 13.8 Å². The number of pyridine rings is 1. The number of nitrogens with one attached hydrogen (secondary N) is 1. The number of rotatable bonds is 2. The molecule has 1 fully saturated rings. The summed E-state index contributed by atoms with van der Waals surface area (Å²) in [5.74, 6) is 6.81. The van der Waals surface area contributed by atoms with Crippen LogP contribution in [0.4, 0.5) is 11.6 Å². The molecule has 1 aromatic rings. The van der Waals surface area contributed by atoms with Gasteiger partial charge in [0, 0.05) is 20.1 Å². The second-order valence-electron chi connectivity index (χ2n) is 4.96. The molecule has 0 aliphatic carbocycles. The molecule has 1 amide bonds. The van der Waals surface area contributed by atoms with Gasteiger partial charge in [0.1, 0.15) is 17.2 Å². The number of piperazine rings is 1. The SMILES string of the molecule is CN1CCN(c2cccc(NN)n2)C(C)(C)C1=O. The number of aromatic nitrogens is 1. The molecule has 1 aromatic heterocycles. The Morgan fingerprint density at radius 2 is 2.11 bits per heavy atom. The van der Waals surface area contributed by atoms with Crippen molar-refractivity contribution < 1.29 is 4.79 Å². The normalized spacial score (nSPS) is 19.0. The van der Waals surface area contributed by atoms with Crippen LogP contribution in [0.25, 0.3) is 0 Å². The summed E-state index contributed by atoms with van der Waals surface area (Å²) in [6, 6.07) is 5.55. The molecular formula is C12H19N5O. The van der Waals surface area contributed by atoms with Gasteiger partial charge in [-0.15, -0.1) is 0 Å². The van der Waals surface area contributed by atoms with Crippen molar-refractivity contribution in [2.45, 2.75) is 19.4 Å². The highest BCUT2D eigenvalue weighted by Crippen LogP contribution is 2.27. The van der Waals surface area contributed by atoms with Crippen LogP contribution >= 0.6 is 0 Å². The number of nitrogens with two attached hydrogens (primary N) is 1. The van der Waals surface area contributed by atoms with Gasteiger partial charge in [0.25, 0.3) is 0 Å². The summed E-state index contributed by atoms with van der Waals surface area (Å²) < 4.78 is 0. The molecule has 3 N–H and O–H groups in total. The number of hydrogen-bond donors (Lipinski definition) is 2. The summed E-state index contributed by atoms with van der Waals surface area (Å²) in [5.41, 5.74) is 1.93. The van der Waals surface area contributed by atoms with E-state index in [-0.39, 0.29) is 5.91 Å². The van der Waals surface area contributed by atoms with Crippen molar-refractivity contribution in [3.63, 3.8) is 0 Å². The summed E-state index contributed by atoms with van der Waals surface area (Å²) in [4.78, 5) is 20.4. The van der Waals surface area contributed by atoms with Crippen LogP contribution in [0.15, 0.2) is 18.2 Å². The number of hydrogen-bond acceptors (Lipinski definition) is 5. The maximum atomic E-state index is 12.2. The lowest BCUT2D eigenvalue weighted by Gasteiger charge is -2.45. The minimum Gasteiger partial charge on any atom is -0.342 e. The molecule has 0 spiro atoms. The molecule has 0 bridgehead atoms. The van der Waals surface area contributed by atoms with Crippen molar-refractivity contribution in [3.8, 4) is 0 Å². The van der Waals surface area contributed by atoms with Gasteiger partial charge in [-0.1, -0.05) is 6.07 Å². The first-order valence-electron chi connectivity index (χ1n) is 5.93. The quantitative estimate of drug-likeness (QED) is 0.587. The average molecular weight is 249 g/mol. The highest BCUT2D eigenvalue weighted by molar-refractivity contribution is 5.90. The largest absolute Gasteiger partial charge is 0.342 e. The number of carbonyl (C=O) groups excluding carboxylic acids is 1. The topological polar surface area (TPSA) is 74.5 Å². The standard InChI is InChI=1S/C12H19N5O/c1-12(2)11(18)16(3)7-8-17(12)10-6-4-5-9(14-10)15-13/h4-6H,7-8,13H2,1-3H3,(H,14,15). The molecule has 0 aromatic carbocycles. The second kappa shape index (κ2) is 4.45. The van der Waals surface area contributed by atoms with Crippen molar-refractivity contribution in [2.24, 2.45) is 5.84 Å². The average Bonchev–Trinajstić information content (AvgIpc) is 2.36. The van der Waals surface area contributed by atoms with Gasteiger partial charge in [-0.2, -0.15) is 0 Å². The van der Waals surface area contributed by atoms with Crippen LogP contribution in [0.5, 0.6) is 0 Å². The zero-order valence-electron chi connectivity index (χ0n) is 11.0. The van der Waals surface area contributed by atoms with Crippen LogP contribution in [0, 0.1) is 0 Å². The van der Waals surface area contributed by atoms with Crippen LogP contribution < -0.4 is 16.2 Å². The Bertz CT molecular complexity index is 460. The Hall–Kier alpha value is -1.82. The fourth-order valence-electron chi connectivity index (χ4n) is 2.27. The van der Waals surface area contributed by atoms with E-state index in [1.165, 1.54) is 0 Å². The fraction of sp³-hybridized carbons (Fsp3) is 0.500. The van der Waals surface area contributed by atoms with Gasteiger partial charge in [0.05, 0.1) is 0 Å². The van der Waals surface area contributed by atoms with Crippen LogP contribution in [-0.2, 0) is 4.79 Å². The molecule has 0 unspecified atom stereocenters. The highest BCUT2D eigenvalue weighted by atomic mass is 16.2. The Kier molecular flexibility index (Phi) is 3.13. The third kappa shape index (κ3) is 1.99. The first-order valence-corrected chi connectivity index (χ1v) is 5.93. The second-order valence-corrected chi connectivity index (χ2v) is 4.96. The monoisotopic (exact) mass is 249 g/mol. The number of anilines is 2. The van der Waals surface area contributed by atoms with Crippen molar-refractivity contribution in [1.29, 1.82) is 0 Å². The van der Waals surface area contributed by atoms with Crippen molar-refractivity contribution in [3.05, 3.63) is 18.2 Å². The van der Waals surface area contributed by atoms with E-state index in [0.29, 0.717) is 12.4 Å². The van der Waals surface area contributed by atoms with E-state index in [4.69, 9.17) is 5.84 Å². The molecule has 0 radical (unpaired) electrons. The first kappa shape index (κ1) is 12.6. The van der Waals surface area contributed by atoms with Crippen LogP contribution in [0.3, 0.4) is 0 Å². The number of nitrogens with zero attached hydrogens (tertiary/aromatic N) is 3. The van der Waals surface area contributed by atoms with Gasteiger partial charge in [0.2, 0.25) is 5.91 Å². The summed E-state index contributed by atoms with van der Waals surface area (Å²) in [7, 11) is 1.83. The maximum absolute atomic E-state index is 12.2. The summed E-state index contributed by atoms with van der Waals surface area (Å²) >= 11 is 0. The van der Waals surface area contributed by atoms with E-state index in [0.717, 1.165) is 12.4 Å². The smallest absolute Gasteiger partial charge is 0.247 e. The molecule has 1 aliphatic rings. The van der Waals surface area contributed by atoms with E-state index in [1.54, 1.807) is 11.0 Å². The molecule has 18 heavy (non-hydrogen) atoms. The third-order valence-electron chi connectivity index (χ3n) is 3.36. The Balaban J connectivity index is 2.34. The number of nitrogen functional groups attached to an aromatic ring is 1. The predicted octanol–water partition coefficient (Wildman–Crippen LogP) is 0.424. The van der Waals surface area contributed by atoms with Gasteiger partial charge in [-0.05, 0) is 26.0 Å². The molecular weight excluding hydrogens is 230 g/mol. The molecule has 0 atom stereocenters. The van der Waals surface area contributed by atoms with E-state index in [2.05, 4.69) is 10.4 Å². The number of likely N-dealkylation sites (N-methyl/N-ethyl adjacent to an activating group) is 1. The minimum atomic E-state index is -0.590. The lowest BCUT2D eigenvalue weighted by Crippen LogP contribution is -2.62. The molecule has 6 nitrogen and oxygen atoms in total. The molecule has 2 heterocycles. The first-order chi connectivity index (χ1) is 8.46. The minimum absolute atomic E-state index is 0.0988. The maximum Gasteiger partial charge on any atom is 0.247 e. The molecule has 6 heteroatoms. The van der Waals surface area contributed by atoms with Crippen LogP contribution in [0.2, 0.25) is 0 Å². The van der Waals surface area contributed by atoms with E-state index in [1.807, 2.05) is 37.9 Å². The predicted molar refractivity (Wildman–Crippen MR) is 71.1 cm³/mol. The van der Waals surface area contributed by atoms with Crippen molar-refractivity contribution >= 4 is 17.5 Å². The van der Waals surface area contributed by atoms with Gasteiger partial charge < -0.3 is 15.2 Å². The van der Waals surface area contributed by atoms with Gasteiger partial charge in [-0.25, -0.2) is 10.8 Å². The Labute approximate surface area is 107 Å². The zero-order chi connectivity index (χ0) is 13.3. The fourth-order valence-corrected chi connectivity index (χ4v) is 2.27. The van der Waals surface area contributed by atoms with Gasteiger partial charge in [0.15, 0.2) is 0 Å². The number of hydrazine groups is 1. The van der Waals surface area contributed by atoms with Gasteiger partial charge >= 0.3 is 0 Å². The van der Waals surface area contributed by atoms with Crippen molar-refractivity contribution in [1.82, 2.24) is 9.88 Å². The highest BCUT2D eigenvalue weighted by Gasteiger charge is 2.41. The Morgan fingerprint density at radius 1 is 1.39 bits per heavy atom. The summed E-state index contributed by atoms with van der Waals surface area (Å²) in [6.07, 6.45) is 0. The molecule has 1 aliphatic heterocycles. The number of carbonyl (C=O) groups is 1. The van der Waals surface area contributed by atoms with Crippen molar-refractivity contribution in [2.75, 3.05) is 30.5 Å². The van der Waals surface area contributed by atoms with E-state index < -0.39 is 5.54 Å². The number of amides is 1. The molecule has 0 saturated carbocycles. The third-order valence-corrected chi connectivity index (χ3v) is 3.36. The molecule has 2 rings (SSSR count). The molecule has 98 valence electrons. The Morgan fingerprint density at radius 3 is 2.78 bits per heavy atom. The van der Waals surface area contributed by atoms with Crippen LogP contribution in [-0.4, -0.2) is 41.5 Å². The lowest BCUT2D eigenvalue weighted by atomic mass is 9.98. The summed E-state index contributed by atoms with van der Waals surface area (Å²) in [6.45, 7) is 5.28. The zero-order valence-corrected chi connectivity index (χ0v) is 11.0. The lowest BCUT2D eigenvalue weighted by molar-refractivity contribution is -0.136. The van der Waals surface area contributed by atoms with E-state index in [9.17, 15) is 4.79 Å². The summed E-state index contributed by atoms with van der Waals surface area (Å²) in [5, 5.41) is 0.